The number of rotatable bonds is 5. The fraction of sp³-hybridized carbons (Fsp3) is 0.556. The van der Waals surface area contributed by atoms with E-state index in [2.05, 4.69) is 16.4 Å². The fourth-order valence-corrected chi connectivity index (χ4v) is 4.16. The van der Waals surface area contributed by atoms with Gasteiger partial charge in [0.15, 0.2) is 0 Å². The molecule has 1 aromatic heterocycles. The van der Waals surface area contributed by atoms with E-state index < -0.39 is 0 Å². The van der Waals surface area contributed by atoms with Crippen LogP contribution in [0.25, 0.3) is 10.2 Å². The van der Waals surface area contributed by atoms with Crippen molar-refractivity contribution in [3.8, 4) is 0 Å². The smallest absolute Gasteiger partial charge is 0.220 e. The van der Waals surface area contributed by atoms with Gasteiger partial charge in [0.1, 0.15) is 0 Å². The zero-order chi connectivity index (χ0) is 15.2. The van der Waals surface area contributed by atoms with Gasteiger partial charge >= 0.3 is 0 Å². The third-order valence-electron chi connectivity index (χ3n) is 4.35. The van der Waals surface area contributed by atoms with Gasteiger partial charge in [0, 0.05) is 12.5 Å². The number of hydrogen-bond donors (Lipinski definition) is 1. The normalized spacial score (nSPS) is 16.5. The number of aryl methyl sites for hydroxylation is 1. The largest absolute Gasteiger partial charge is 0.353 e. The average molecular weight is 316 g/mol. The Morgan fingerprint density at radius 3 is 2.73 bits per heavy atom. The van der Waals surface area contributed by atoms with Crippen molar-refractivity contribution in [2.75, 3.05) is 0 Å². The second kappa shape index (κ2) is 7.73. The van der Waals surface area contributed by atoms with E-state index in [1.165, 1.54) is 30.4 Å². The molecule has 1 heterocycles. The van der Waals surface area contributed by atoms with E-state index in [0.717, 1.165) is 36.2 Å². The second-order valence-electron chi connectivity index (χ2n) is 6.18. The molecule has 3 nitrogen and oxygen atoms in total. The highest BCUT2D eigenvalue weighted by Crippen LogP contribution is 2.23. The first-order valence-corrected chi connectivity index (χ1v) is 9.27. The van der Waals surface area contributed by atoms with Crippen LogP contribution >= 0.6 is 11.3 Å². The topological polar surface area (TPSA) is 42.0 Å². The maximum absolute atomic E-state index is 12.1. The predicted octanol–water partition coefficient (Wildman–Crippen LogP) is 4.46. The van der Waals surface area contributed by atoms with Crippen LogP contribution in [0.5, 0.6) is 0 Å². The highest BCUT2D eigenvalue weighted by molar-refractivity contribution is 7.18. The van der Waals surface area contributed by atoms with Crippen molar-refractivity contribution in [2.24, 2.45) is 0 Å². The van der Waals surface area contributed by atoms with Crippen LogP contribution in [0.3, 0.4) is 0 Å². The molecule has 2 aromatic rings. The molecule has 0 bridgehead atoms. The molecule has 0 atom stereocenters. The first-order valence-electron chi connectivity index (χ1n) is 8.45. The lowest BCUT2D eigenvalue weighted by Crippen LogP contribution is -2.34. The van der Waals surface area contributed by atoms with Crippen LogP contribution in [0.2, 0.25) is 0 Å². The number of amides is 1. The predicted molar refractivity (Wildman–Crippen MR) is 92.2 cm³/mol. The summed E-state index contributed by atoms with van der Waals surface area (Å²) < 4.78 is 1.24. The van der Waals surface area contributed by atoms with Gasteiger partial charge in [-0.3, -0.25) is 4.79 Å². The summed E-state index contributed by atoms with van der Waals surface area (Å²) in [6.45, 7) is 0. The minimum absolute atomic E-state index is 0.216. The van der Waals surface area contributed by atoms with Crippen LogP contribution < -0.4 is 5.32 Å². The van der Waals surface area contributed by atoms with E-state index in [1.807, 2.05) is 18.2 Å². The van der Waals surface area contributed by atoms with Crippen molar-refractivity contribution in [3.05, 3.63) is 29.3 Å². The van der Waals surface area contributed by atoms with E-state index in [4.69, 9.17) is 0 Å². The van der Waals surface area contributed by atoms with Crippen molar-refractivity contribution in [1.29, 1.82) is 0 Å². The quantitative estimate of drug-likeness (QED) is 0.828. The number of thiazole rings is 1. The van der Waals surface area contributed by atoms with Gasteiger partial charge in [-0.1, -0.05) is 37.8 Å². The first-order chi connectivity index (χ1) is 10.8. The Morgan fingerprint density at radius 2 is 1.95 bits per heavy atom. The maximum atomic E-state index is 12.1. The van der Waals surface area contributed by atoms with Crippen molar-refractivity contribution in [3.63, 3.8) is 0 Å². The van der Waals surface area contributed by atoms with Crippen LogP contribution in [0.15, 0.2) is 24.3 Å². The Labute approximate surface area is 136 Å². The Balaban J connectivity index is 1.43. The molecule has 0 aliphatic heterocycles. The number of aromatic nitrogens is 1. The van der Waals surface area contributed by atoms with Crippen LogP contribution in [-0.4, -0.2) is 16.9 Å². The SMILES string of the molecule is O=C(CCCc1nc2ccccc2s1)NC1CCCCCC1. The van der Waals surface area contributed by atoms with Crippen molar-refractivity contribution < 1.29 is 4.79 Å². The summed E-state index contributed by atoms with van der Waals surface area (Å²) in [7, 11) is 0. The van der Waals surface area contributed by atoms with Gasteiger partial charge in [-0.05, 0) is 37.8 Å². The summed E-state index contributed by atoms with van der Waals surface area (Å²) in [5.74, 6) is 0.216. The van der Waals surface area contributed by atoms with E-state index in [-0.39, 0.29) is 5.91 Å². The number of hydrogen-bond acceptors (Lipinski definition) is 3. The molecule has 1 aliphatic rings. The van der Waals surface area contributed by atoms with E-state index in [9.17, 15) is 4.79 Å². The summed E-state index contributed by atoms with van der Waals surface area (Å²) >= 11 is 1.74. The van der Waals surface area contributed by atoms with Crippen LogP contribution in [0.1, 0.15) is 56.4 Å². The molecule has 0 saturated heterocycles. The Bertz CT molecular complexity index is 581. The second-order valence-corrected chi connectivity index (χ2v) is 7.30. The van der Waals surface area contributed by atoms with Crippen LogP contribution in [0.4, 0.5) is 0 Å². The van der Waals surface area contributed by atoms with Gasteiger partial charge in [-0.25, -0.2) is 4.98 Å². The van der Waals surface area contributed by atoms with Gasteiger partial charge in [0.05, 0.1) is 15.2 Å². The van der Waals surface area contributed by atoms with Gasteiger partial charge in [-0.2, -0.15) is 0 Å². The molecule has 1 N–H and O–H groups in total. The Kier molecular flexibility index (Phi) is 5.43. The number of carbonyl (C=O) groups excluding carboxylic acids is 1. The van der Waals surface area contributed by atoms with Crippen molar-refractivity contribution in [1.82, 2.24) is 10.3 Å². The Morgan fingerprint density at radius 1 is 1.18 bits per heavy atom. The lowest BCUT2D eigenvalue weighted by atomic mass is 10.1. The minimum Gasteiger partial charge on any atom is -0.353 e. The number of nitrogens with zero attached hydrogens (tertiary/aromatic N) is 1. The fourth-order valence-electron chi connectivity index (χ4n) is 3.15. The molecular weight excluding hydrogens is 292 g/mol. The molecule has 118 valence electrons. The average Bonchev–Trinajstić information content (AvgIpc) is 2.75. The molecule has 3 rings (SSSR count). The lowest BCUT2D eigenvalue weighted by molar-refractivity contribution is -0.121. The molecule has 22 heavy (non-hydrogen) atoms. The zero-order valence-corrected chi connectivity index (χ0v) is 13.8. The lowest BCUT2D eigenvalue weighted by Gasteiger charge is -2.15. The number of nitrogens with one attached hydrogen (secondary N) is 1. The van der Waals surface area contributed by atoms with E-state index in [0.29, 0.717) is 12.5 Å². The first kappa shape index (κ1) is 15.5. The summed E-state index contributed by atoms with van der Waals surface area (Å²) in [5, 5.41) is 4.36. The molecular formula is C18H24N2OS. The summed E-state index contributed by atoms with van der Waals surface area (Å²) in [6, 6.07) is 8.64. The molecule has 0 unspecified atom stereocenters. The third kappa shape index (κ3) is 4.29. The molecule has 1 saturated carbocycles. The summed E-state index contributed by atoms with van der Waals surface area (Å²) in [4.78, 5) is 16.7. The molecule has 1 aliphatic carbocycles. The molecule has 1 amide bonds. The number of fused-ring (bicyclic) bond motifs is 1. The third-order valence-corrected chi connectivity index (χ3v) is 5.45. The van der Waals surface area contributed by atoms with E-state index >= 15 is 0 Å². The number of para-hydroxylation sites is 1. The highest BCUT2D eigenvalue weighted by Gasteiger charge is 2.14. The van der Waals surface area contributed by atoms with E-state index in [1.54, 1.807) is 11.3 Å². The zero-order valence-electron chi connectivity index (χ0n) is 13.0. The van der Waals surface area contributed by atoms with Gasteiger partial charge < -0.3 is 5.32 Å². The number of carbonyl (C=O) groups is 1. The molecule has 0 radical (unpaired) electrons. The summed E-state index contributed by atoms with van der Waals surface area (Å²) in [5.41, 5.74) is 1.07. The minimum atomic E-state index is 0.216. The van der Waals surface area contributed by atoms with Gasteiger partial charge in [-0.15, -0.1) is 11.3 Å². The molecule has 1 fully saturated rings. The Hall–Kier alpha value is -1.42. The monoisotopic (exact) mass is 316 g/mol. The standard InChI is InChI=1S/C18H24N2OS/c21-17(19-14-8-3-1-2-4-9-14)12-7-13-18-20-15-10-5-6-11-16(15)22-18/h5-6,10-11,14H,1-4,7-9,12-13H2,(H,19,21). The van der Waals surface area contributed by atoms with Gasteiger partial charge in [0.25, 0.3) is 0 Å². The van der Waals surface area contributed by atoms with Crippen molar-refractivity contribution >= 4 is 27.5 Å². The molecule has 0 spiro atoms. The summed E-state index contributed by atoms with van der Waals surface area (Å²) in [6.07, 6.45) is 9.89. The van der Waals surface area contributed by atoms with Crippen LogP contribution in [-0.2, 0) is 11.2 Å². The van der Waals surface area contributed by atoms with Crippen molar-refractivity contribution in [2.45, 2.75) is 63.8 Å². The highest BCUT2D eigenvalue weighted by atomic mass is 32.1. The van der Waals surface area contributed by atoms with Crippen LogP contribution in [0, 0.1) is 0 Å². The molecule has 1 aromatic carbocycles. The number of benzene rings is 1. The van der Waals surface area contributed by atoms with Gasteiger partial charge in [0.2, 0.25) is 5.91 Å². The molecule has 4 heteroatoms. The maximum Gasteiger partial charge on any atom is 0.220 e.